The zero-order chi connectivity index (χ0) is 10.8. The second-order valence-electron chi connectivity index (χ2n) is 3.45. The SMILES string of the molecule is O=C1CC(Cl)CN1c1ncccc1CO. The minimum Gasteiger partial charge on any atom is -0.392 e. The summed E-state index contributed by atoms with van der Waals surface area (Å²) >= 11 is 5.89. The molecule has 2 rings (SSSR count). The summed E-state index contributed by atoms with van der Waals surface area (Å²) in [5.74, 6) is 0.483. The molecule has 0 radical (unpaired) electrons. The Morgan fingerprint density at radius 2 is 2.47 bits per heavy atom. The smallest absolute Gasteiger partial charge is 0.229 e. The van der Waals surface area contributed by atoms with Crippen molar-refractivity contribution in [3.63, 3.8) is 0 Å². The Labute approximate surface area is 92.5 Å². The van der Waals surface area contributed by atoms with Gasteiger partial charge in [0.1, 0.15) is 5.82 Å². The Kier molecular flexibility index (Phi) is 2.88. The van der Waals surface area contributed by atoms with Crippen LogP contribution in [0.2, 0.25) is 0 Å². The molecule has 1 N–H and O–H groups in total. The minimum absolute atomic E-state index is 0.0385. The predicted molar refractivity (Wildman–Crippen MR) is 56.8 cm³/mol. The van der Waals surface area contributed by atoms with Gasteiger partial charge in [0.2, 0.25) is 5.91 Å². The molecule has 5 heteroatoms. The first-order valence-electron chi connectivity index (χ1n) is 4.71. The minimum atomic E-state index is -0.161. The number of hydrogen-bond acceptors (Lipinski definition) is 3. The van der Waals surface area contributed by atoms with Crippen molar-refractivity contribution in [3.05, 3.63) is 23.9 Å². The second kappa shape index (κ2) is 4.16. The Balaban J connectivity index is 2.33. The number of pyridine rings is 1. The molecule has 0 aromatic carbocycles. The van der Waals surface area contributed by atoms with E-state index in [1.165, 1.54) is 4.90 Å². The van der Waals surface area contributed by atoms with Crippen LogP contribution in [-0.2, 0) is 11.4 Å². The van der Waals surface area contributed by atoms with Gasteiger partial charge in [-0.15, -0.1) is 11.6 Å². The van der Waals surface area contributed by atoms with Crippen LogP contribution in [0.15, 0.2) is 18.3 Å². The fraction of sp³-hybridized carbons (Fsp3) is 0.400. The van der Waals surface area contributed by atoms with E-state index in [1.807, 2.05) is 0 Å². The highest BCUT2D eigenvalue weighted by atomic mass is 35.5. The zero-order valence-electron chi connectivity index (χ0n) is 8.06. The number of hydrogen-bond donors (Lipinski definition) is 1. The lowest BCUT2D eigenvalue weighted by Crippen LogP contribution is -2.26. The monoisotopic (exact) mass is 226 g/mol. The molecule has 1 aliphatic rings. The third kappa shape index (κ3) is 1.96. The maximum absolute atomic E-state index is 11.6. The number of halogens is 1. The molecule has 1 aromatic heterocycles. The van der Waals surface area contributed by atoms with E-state index >= 15 is 0 Å². The van der Waals surface area contributed by atoms with Crippen molar-refractivity contribution in [2.75, 3.05) is 11.4 Å². The van der Waals surface area contributed by atoms with Crippen LogP contribution in [0.4, 0.5) is 5.82 Å². The highest BCUT2D eigenvalue weighted by Gasteiger charge is 2.30. The Bertz CT molecular complexity index is 383. The first-order chi connectivity index (χ1) is 7.22. The molecule has 1 saturated heterocycles. The largest absolute Gasteiger partial charge is 0.392 e. The molecule has 1 amide bonds. The summed E-state index contributed by atoms with van der Waals surface area (Å²) in [5, 5.41) is 8.96. The lowest BCUT2D eigenvalue weighted by molar-refractivity contribution is -0.117. The molecule has 0 saturated carbocycles. The average Bonchev–Trinajstić information content (AvgIpc) is 2.57. The van der Waals surface area contributed by atoms with Crippen molar-refractivity contribution >= 4 is 23.3 Å². The lowest BCUT2D eigenvalue weighted by atomic mass is 10.2. The number of aliphatic hydroxyl groups excluding tert-OH is 1. The zero-order valence-corrected chi connectivity index (χ0v) is 8.81. The van der Waals surface area contributed by atoms with Crippen LogP contribution in [0.1, 0.15) is 12.0 Å². The third-order valence-corrected chi connectivity index (χ3v) is 2.66. The van der Waals surface area contributed by atoms with Crippen LogP contribution in [0, 0.1) is 0 Å². The van der Waals surface area contributed by atoms with E-state index in [0.29, 0.717) is 24.3 Å². The highest BCUT2D eigenvalue weighted by Crippen LogP contribution is 2.25. The molecule has 80 valence electrons. The van der Waals surface area contributed by atoms with E-state index < -0.39 is 0 Å². The molecule has 0 bridgehead atoms. The number of carbonyl (C=O) groups is 1. The van der Waals surface area contributed by atoms with Crippen LogP contribution in [0.5, 0.6) is 0 Å². The molecular formula is C10H11ClN2O2. The number of aliphatic hydroxyl groups is 1. The van der Waals surface area contributed by atoms with Crippen LogP contribution in [-0.4, -0.2) is 27.9 Å². The predicted octanol–water partition coefficient (Wildman–Crippen LogP) is 0.918. The van der Waals surface area contributed by atoms with Gasteiger partial charge in [-0.3, -0.25) is 9.69 Å². The van der Waals surface area contributed by atoms with E-state index in [4.69, 9.17) is 16.7 Å². The number of amides is 1. The van der Waals surface area contributed by atoms with Crippen molar-refractivity contribution < 1.29 is 9.90 Å². The van der Waals surface area contributed by atoms with Crippen LogP contribution >= 0.6 is 11.6 Å². The van der Waals surface area contributed by atoms with Gasteiger partial charge in [0.05, 0.1) is 12.0 Å². The van der Waals surface area contributed by atoms with Crippen LogP contribution < -0.4 is 4.90 Å². The summed E-state index contributed by atoms with van der Waals surface area (Å²) in [7, 11) is 0. The maximum atomic E-state index is 11.6. The van der Waals surface area contributed by atoms with Crippen molar-refractivity contribution in [2.24, 2.45) is 0 Å². The Hall–Kier alpha value is -1.13. The Morgan fingerprint density at radius 3 is 3.07 bits per heavy atom. The van der Waals surface area contributed by atoms with E-state index in [0.717, 1.165) is 0 Å². The van der Waals surface area contributed by atoms with Gasteiger partial charge in [0, 0.05) is 24.7 Å². The fourth-order valence-electron chi connectivity index (χ4n) is 1.67. The number of nitrogens with zero attached hydrogens (tertiary/aromatic N) is 2. The molecule has 1 fully saturated rings. The molecule has 15 heavy (non-hydrogen) atoms. The molecule has 4 nitrogen and oxygen atoms in total. The molecule has 0 spiro atoms. The first-order valence-corrected chi connectivity index (χ1v) is 5.15. The van der Waals surface area contributed by atoms with Gasteiger partial charge in [0.15, 0.2) is 0 Å². The van der Waals surface area contributed by atoms with Crippen LogP contribution in [0.3, 0.4) is 0 Å². The lowest BCUT2D eigenvalue weighted by Gasteiger charge is -2.17. The van der Waals surface area contributed by atoms with Gasteiger partial charge in [-0.1, -0.05) is 6.07 Å². The van der Waals surface area contributed by atoms with Crippen molar-refractivity contribution in [3.8, 4) is 0 Å². The number of alkyl halides is 1. The second-order valence-corrected chi connectivity index (χ2v) is 4.07. The van der Waals surface area contributed by atoms with E-state index in [1.54, 1.807) is 18.3 Å². The number of rotatable bonds is 2. The quantitative estimate of drug-likeness (QED) is 0.763. The van der Waals surface area contributed by atoms with Crippen molar-refractivity contribution in [1.29, 1.82) is 0 Å². The third-order valence-electron chi connectivity index (χ3n) is 2.37. The molecule has 0 aliphatic carbocycles. The maximum Gasteiger partial charge on any atom is 0.229 e. The molecule has 1 unspecified atom stereocenters. The molecule has 1 aromatic rings. The standard InChI is InChI=1S/C10H11ClN2O2/c11-8-4-9(15)13(5-8)10-7(6-14)2-1-3-12-10/h1-3,8,14H,4-6H2. The molecule has 1 atom stereocenters. The van der Waals surface area contributed by atoms with E-state index in [-0.39, 0.29) is 17.9 Å². The highest BCUT2D eigenvalue weighted by molar-refractivity contribution is 6.24. The van der Waals surface area contributed by atoms with Gasteiger partial charge in [-0.05, 0) is 6.07 Å². The van der Waals surface area contributed by atoms with Crippen molar-refractivity contribution in [2.45, 2.75) is 18.4 Å². The topological polar surface area (TPSA) is 53.4 Å². The summed E-state index contributed by atoms with van der Waals surface area (Å²) in [6.07, 6.45) is 1.94. The first kappa shape index (κ1) is 10.4. The van der Waals surface area contributed by atoms with Crippen molar-refractivity contribution in [1.82, 2.24) is 4.98 Å². The van der Waals surface area contributed by atoms with Gasteiger partial charge >= 0.3 is 0 Å². The normalized spacial score (nSPS) is 21.1. The number of aromatic nitrogens is 1. The summed E-state index contributed by atoms with van der Waals surface area (Å²) in [4.78, 5) is 17.2. The van der Waals surface area contributed by atoms with Gasteiger partial charge in [-0.25, -0.2) is 4.98 Å². The fourth-order valence-corrected chi connectivity index (χ4v) is 1.94. The van der Waals surface area contributed by atoms with Gasteiger partial charge < -0.3 is 5.11 Å². The van der Waals surface area contributed by atoms with Gasteiger partial charge in [0.25, 0.3) is 0 Å². The summed E-state index contributed by atoms with van der Waals surface area (Å²) in [5.41, 5.74) is 0.650. The van der Waals surface area contributed by atoms with Crippen LogP contribution in [0.25, 0.3) is 0 Å². The summed E-state index contributed by atoms with van der Waals surface area (Å²) < 4.78 is 0. The number of anilines is 1. The Morgan fingerprint density at radius 1 is 1.67 bits per heavy atom. The van der Waals surface area contributed by atoms with E-state index in [2.05, 4.69) is 4.98 Å². The summed E-state index contributed by atoms with van der Waals surface area (Å²) in [6.45, 7) is 0.338. The number of carbonyl (C=O) groups excluding carboxylic acids is 1. The molecular weight excluding hydrogens is 216 g/mol. The van der Waals surface area contributed by atoms with E-state index in [9.17, 15) is 4.79 Å². The molecule has 1 aliphatic heterocycles. The average molecular weight is 227 g/mol. The molecule has 2 heterocycles. The summed E-state index contributed by atoms with van der Waals surface area (Å²) in [6, 6.07) is 3.48. The van der Waals surface area contributed by atoms with Gasteiger partial charge in [-0.2, -0.15) is 0 Å².